The smallest absolute Gasteiger partial charge is 0.131 e. The van der Waals surface area contributed by atoms with Crippen molar-refractivity contribution in [3.8, 4) is 0 Å². The Morgan fingerprint density at radius 1 is 1.33 bits per heavy atom. The average molecular weight is 161 g/mol. The number of aryl methyl sites for hydroxylation is 1. The number of anilines is 1. The predicted molar refractivity (Wildman–Crippen MR) is 50.3 cm³/mol. The predicted octanol–water partition coefficient (Wildman–Crippen LogP) is 1.61. The van der Waals surface area contributed by atoms with Crippen LogP contribution in [0.3, 0.4) is 0 Å². The van der Waals surface area contributed by atoms with Crippen LogP contribution in [0.1, 0.15) is 0 Å². The van der Waals surface area contributed by atoms with E-state index in [9.17, 15) is 0 Å². The van der Waals surface area contributed by atoms with Crippen molar-refractivity contribution in [2.75, 3.05) is 12.4 Å². The van der Waals surface area contributed by atoms with E-state index in [1.165, 1.54) is 5.39 Å². The van der Waals surface area contributed by atoms with Crippen molar-refractivity contribution in [1.29, 1.82) is 0 Å². The van der Waals surface area contributed by atoms with E-state index < -0.39 is 0 Å². The minimum Gasteiger partial charge on any atom is -0.373 e. The fraction of sp³-hybridized carbons (Fsp3) is 0.222. The molecular formula is C9H11N3. The van der Waals surface area contributed by atoms with Crippen molar-refractivity contribution >= 4 is 16.7 Å². The van der Waals surface area contributed by atoms with Gasteiger partial charge in [0, 0.05) is 19.5 Å². The zero-order chi connectivity index (χ0) is 8.55. The molecule has 0 aliphatic carbocycles. The Bertz CT molecular complexity index is 403. The first-order valence-corrected chi connectivity index (χ1v) is 3.92. The van der Waals surface area contributed by atoms with E-state index in [2.05, 4.69) is 16.5 Å². The summed E-state index contributed by atoms with van der Waals surface area (Å²) in [7, 11) is 3.84. The molecule has 3 heteroatoms. The first kappa shape index (κ1) is 7.16. The largest absolute Gasteiger partial charge is 0.373 e. The molecule has 0 spiro atoms. The summed E-state index contributed by atoms with van der Waals surface area (Å²) >= 11 is 0. The molecule has 62 valence electrons. The van der Waals surface area contributed by atoms with E-state index in [4.69, 9.17) is 0 Å². The van der Waals surface area contributed by atoms with E-state index in [1.54, 1.807) is 0 Å². The van der Waals surface area contributed by atoms with E-state index in [0.717, 1.165) is 11.3 Å². The van der Waals surface area contributed by atoms with Crippen LogP contribution in [-0.2, 0) is 7.05 Å². The van der Waals surface area contributed by atoms with Gasteiger partial charge in [0.05, 0.1) is 5.52 Å². The van der Waals surface area contributed by atoms with Gasteiger partial charge in [0.1, 0.15) is 5.82 Å². The third-order valence-electron chi connectivity index (χ3n) is 1.98. The monoisotopic (exact) mass is 161 g/mol. The van der Waals surface area contributed by atoms with E-state index in [1.807, 2.05) is 37.0 Å². The van der Waals surface area contributed by atoms with Gasteiger partial charge >= 0.3 is 0 Å². The molecule has 0 atom stereocenters. The van der Waals surface area contributed by atoms with Crippen molar-refractivity contribution in [3.63, 3.8) is 0 Å². The van der Waals surface area contributed by atoms with Crippen molar-refractivity contribution in [2.24, 2.45) is 7.05 Å². The molecule has 0 fully saturated rings. The normalized spacial score (nSPS) is 10.5. The van der Waals surface area contributed by atoms with E-state index >= 15 is 0 Å². The summed E-state index contributed by atoms with van der Waals surface area (Å²) in [6.07, 6.45) is 0. The fourth-order valence-electron chi connectivity index (χ4n) is 1.44. The first-order chi connectivity index (χ1) is 5.83. The van der Waals surface area contributed by atoms with E-state index in [-0.39, 0.29) is 0 Å². The molecule has 2 rings (SSSR count). The van der Waals surface area contributed by atoms with Crippen LogP contribution < -0.4 is 5.32 Å². The third kappa shape index (κ3) is 0.863. The Balaban J connectivity index is 2.81. The zero-order valence-corrected chi connectivity index (χ0v) is 7.20. The van der Waals surface area contributed by atoms with Crippen LogP contribution in [0.5, 0.6) is 0 Å². The van der Waals surface area contributed by atoms with Gasteiger partial charge in [-0.05, 0) is 12.1 Å². The second kappa shape index (κ2) is 2.52. The molecular weight excluding hydrogens is 150 g/mol. The second-order valence-electron chi connectivity index (χ2n) is 2.74. The van der Waals surface area contributed by atoms with Gasteiger partial charge in [0.15, 0.2) is 0 Å². The average Bonchev–Trinajstić information content (AvgIpc) is 2.40. The molecule has 0 unspecified atom stereocenters. The second-order valence-corrected chi connectivity index (χ2v) is 2.74. The van der Waals surface area contributed by atoms with Gasteiger partial charge in [-0.2, -0.15) is 5.10 Å². The van der Waals surface area contributed by atoms with Gasteiger partial charge in [-0.15, -0.1) is 0 Å². The van der Waals surface area contributed by atoms with Crippen LogP contribution in [0, 0.1) is 0 Å². The molecule has 0 saturated heterocycles. The highest BCUT2D eigenvalue weighted by Crippen LogP contribution is 2.20. The van der Waals surface area contributed by atoms with E-state index in [0.29, 0.717) is 0 Å². The minimum absolute atomic E-state index is 1.03. The minimum atomic E-state index is 1.03. The molecule has 1 aromatic carbocycles. The molecule has 0 aliphatic rings. The third-order valence-corrected chi connectivity index (χ3v) is 1.98. The molecule has 3 nitrogen and oxygen atoms in total. The first-order valence-electron chi connectivity index (χ1n) is 3.92. The lowest BCUT2D eigenvalue weighted by Crippen LogP contribution is -1.97. The molecule has 1 N–H and O–H groups in total. The number of nitrogens with one attached hydrogen (secondary N) is 1. The molecule has 0 bridgehead atoms. The van der Waals surface area contributed by atoms with Crippen LogP contribution in [0.25, 0.3) is 10.9 Å². The van der Waals surface area contributed by atoms with Crippen LogP contribution >= 0.6 is 0 Å². The number of fused-ring (bicyclic) bond motifs is 1. The Morgan fingerprint density at radius 2 is 2.08 bits per heavy atom. The summed E-state index contributed by atoms with van der Waals surface area (Å²) in [6, 6.07) is 8.09. The van der Waals surface area contributed by atoms with Crippen molar-refractivity contribution < 1.29 is 0 Å². The number of aromatic nitrogens is 2. The number of rotatable bonds is 1. The number of nitrogens with zero attached hydrogens (tertiary/aromatic N) is 2. The van der Waals surface area contributed by atoms with Crippen molar-refractivity contribution in [3.05, 3.63) is 24.3 Å². The quantitative estimate of drug-likeness (QED) is 0.688. The lowest BCUT2D eigenvalue weighted by atomic mass is 10.2. The van der Waals surface area contributed by atoms with Gasteiger partial charge in [-0.25, -0.2) is 0 Å². The summed E-state index contributed by atoms with van der Waals surface area (Å²) < 4.78 is 1.85. The maximum atomic E-state index is 4.34. The molecule has 1 aromatic heterocycles. The summed E-state index contributed by atoms with van der Waals surface area (Å²) in [5, 5.41) is 8.63. The van der Waals surface area contributed by atoms with Crippen LogP contribution in [0.4, 0.5) is 5.82 Å². The Morgan fingerprint density at radius 3 is 2.83 bits per heavy atom. The van der Waals surface area contributed by atoms with Gasteiger partial charge in [-0.3, -0.25) is 4.68 Å². The number of hydrogen-bond donors (Lipinski definition) is 1. The highest BCUT2D eigenvalue weighted by molar-refractivity contribution is 5.89. The number of benzene rings is 1. The summed E-state index contributed by atoms with van der Waals surface area (Å²) in [4.78, 5) is 0. The molecule has 1 heterocycles. The van der Waals surface area contributed by atoms with Gasteiger partial charge in [-0.1, -0.05) is 12.1 Å². The summed E-state index contributed by atoms with van der Waals surface area (Å²) in [5.74, 6) is 1.06. The zero-order valence-electron chi connectivity index (χ0n) is 7.20. The Hall–Kier alpha value is -1.51. The van der Waals surface area contributed by atoms with Gasteiger partial charge in [0.25, 0.3) is 0 Å². The van der Waals surface area contributed by atoms with Gasteiger partial charge in [0.2, 0.25) is 0 Å². The van der Waals surface area contributed by atoms with Crippen molar-refractivity contribution in [1.82, 2.24) is 9.78 Å². The van der Waals surface area contributed by atoms with Crippen LogP contribution in [-0.4, -0.2) is 16.8 Å². The summed E-state index contributed by atoms with van der Waals surface area (Å²) in [5.41, 5.74) is 1.03. The van der Waals surface area contributed by atoms with Crippen LogP contribution in [0.15, 0.2) is 24.3 Å². The maximum absolute atomic E-state index is 4.34. The Kier molecular flexibility index (Phi) is 1.50. The standard InChI is InChI=1S/C9H11N3/c1-10-9-7-5-3-4-6-8(7)11-12(9)2/h3-6,10H,1-2H3. The lowest BCUT2D eigenvalue weighted by Gasteiger charge is -1.98. The molecule has 0 aliphatic heterocycles. The Labute approximate surface area is 71.0 Å². The van der Waals surface area contributed by atoms with Crippen molar-refractivity contribution in [2.45, 2.75) is 0 Å². The maximum Gasteiger partial charge on any atom is 0.131 e. The van der Waals surface area contributed by atoms with Crippen LogP contribution in [0.2, 0.25) is 0 Å². The molecule has 0 amide bonds. The van der Waals surface area contributed by atoms with Gasteiger partial charge < -0.3 is 5.32 Å². The highest BCUT2D eigenvalue weighted by atomic mass is 15.3. The lowest BCUT2D eigenvalue weighted by molar-refractivity contribution is 0.787. The number of hydrogen-bond acceptors (Lipinski definition) is 2. The molecule has 12 heavy (non-hydrogen) atoms. The SMILES string of the molecule is CNc1c2ccccc2nn1C. The molecule has 2 aromatic rings. The fourth-order valence-corrected chi connectivity index (χ4v) is 1.44. The highest BCUT2D eigenvalue weighted by Gasteiger charge is 2.04. The summed E-state index contributed by atoms with van der Waals surface area (Å²) in [6.45, 7) is 0. The topological polar surface area (TPSA) is 29.9 Å². The molecule has 0 saturated carbocycles. The molecule has 0 radical (unpaired) electrons.